The maximum atomic E-state index is 12.1. The van der Waals surface area contributed by atoms with Crippen molar-refractivity contribution in [3.05, 3.63) is 68.2 Å². The molecule has 0 aliphatic heterocycles. The number of carbonyl (C=O) groups excluding carboxylic acids is 1. The maximum Gasteiger partial charge on any atom is 0.293 e. The number of hydrogen-bond acceptors (Lipinski definition) is 4. The molecule has 1 amide bonds. The zero-order valence-electron chi connectivity index (χ0n) is 13.3. The molecule has 0 radical (unpaired) electrons. The van der Waals surface area contributed by atoms with E-state index in [4.69, 9.17) is 11.6 Å². The first kappa shape index (κ1) is 18.3. The lowest BCUT2D eigenvalue weighted by molar-refractivity contribution is -0.384. The van der Waals surface area contributed by atoms with Gasteiger partial charge in [-0.3, -0.25) is 14.9 Å². The van der Waals surface area contributed by atoms with Gasteiger partial charge >= 0.3 is 0 Å². The smallest absolute Gasteiger partial charge is 0.293 e. The number of nitro benzene ring substituents is 1. The van der Waals surface area contributed by atoms with Gasteiger partial charge in [0.2, 0.25) is 5.91 Å². The van der Waals surface area contributed by atoms with E-state index in [9.17, 15) is 14.9 Å². The third kappa shape index (κ3) is 4.97. The topological polar surface area (TPSA) is 72.2 Å². The van der Waals surface area contributed by atoms with E-state index in [2.05, 4.69) is 5.32 Å². The van der Waals surface area contributed by atoms with E-state index in [1.807, 2.05) is 19.1 Å². The SMILES string of the molecule is Cc1cc(NC(=O)CSCc2ccc(Cl)cc2)c([N+](=O)[O-])cc1C. The van der Waals surface area contributed by atoms with Gasteiger partial charge in [0.1, 0.15) is 5.69 Å². The molecule has 0 aliphatic carbocycles. The largest absolute Gasteiger partial charge is 0.320 e. The van der Waals surface area contributed by atoms with Crippen molar-refractivity contribution in [3.8, 4) is 0 Å². The molecule has 2 rings (SSSR count). The number of aryl methyl sites for hydroxylation is 2. The fourth-order valence-electron chi connectivity index (χ4n) is 2.08. The zero-order valence-corrected chi connectivity index (χ0v) is 14.9. The van der Waals surface area contributed by atoms with Crippen LogP contribution in [-0.2, 0) is 10.5 Å². The van der Waals surface area contributed by atoms with Crippen LogP contribution in [-0.4, -0.2) is 16.6 Å². The normalized spacial score (nSPS) is 10.5. The fraction of sp³-hybridized carbons (Fsp3) is 0.235. The van der Waals surface area contributed by atoms with Crippen LogP contribution in [0.4, 0.5) is 11.4 Å². The van der Waals surface area contributed by atoms with Crippen LogP contribution in [0.25, 0.3) is 0 Å². The highest BCUT2D eigenvalue weighted by molar-refractivity contribution is 7.99. The molecule has 0 bridgehead atoms. The first-order valence-electron chi connectivity index (χ1n) is 7.24. The van der Waals surface area contributed by atoms with E-state index in [1.165, 1.54) is 17.8 Å². The van der Waals surface area contributed by atoms with Crippen LogP contribution in [0, 0.1) is 24.0 Å². The monoisotopic (exact) mass is 364 g/mol. The number of anilines is 1. The van der Waals surface area contributed by atoms with Crippen molar-refractivity contribution in [1.82, 2.24) is 0 Å². The number of nitrogens with zero attached hydrogens (tertiary/aromatic N) is 1. The van der Waals surface area contributed by atoms with Gasteiger partial charge in [-0.15, -0.1) is 11.8 Å². The van der Waals surface area contributed by atoms with E-state index in [0.717, 1.165) is 16.7 Å². The summed E-state index contributed by atoms with van der Waals surface area (Å²) in [5, 5.41) is 14.4. The minimum absolute atomic E-state index is 0.0887. The molecule has 2 aromatic carbocycles. The van der Waals surface area contributed by atoms with Crippen molar-refractivity contribution in [2.75, 3.05) is 11.1 Å². The Morgan fingerprint density at radius 3 is 2.46 bits per heavy atom. The molecule has 0 unspecified atom stereocenters. The number of hydrogen-bond donors (Lipinski definition) is 1. The molecular weight excluding hydrogens is 348 g/mol. The van der Waals surface area contributed by atoms with Crippen molar-refractivity contribution >= 4 is 40.6 Å². The van der Waals surface area contributed by atoms with E-state index in [0.29, 0.717) is 10.8 Å². The highest BCUT2D eigenvalue weighted by atomic mass is 35.5. The quantitative estimate of drug-likeness (QED) is 0.593. The van der Waals surface area contributed by atoms with Gasteiger partial charge < -0.3 is 5.32 Å². The molecule has 0 aromatic heterocycles. The lowest BCUT2D eigenvalue weighted by Crippen LogP contribution is -2.15. The minimum atomic E-state index is -0.483. The third-order valence-electron chi connectivity index (χ3n) is 3.50. The van der Waals surface area contributed by atoms with Crippen molar-refractivity contribution < 1.29 is 9.72 Å². The van der Waals surface area contributed by atoms with Gasteiger partial charge in [0, 0.05) is 16.8 Å². The third-order valence-corrected chi connectivity index (χ3v) is 4.75. The highest BCUT2D eigenvalue weighted by Gasteiger charge is 2.17. The van der Waals surface area contributed by atoms with Crippen molar-refractivity contribution in [3.63, 3.8) is 0 Å². The summed E-state index contributed by atoms with van der Waals surface area (Å²) in [6.45, 7) is 3.65. The molecule has 126 valence electrons. The molecule has 0 saturated heterocycles. The molecule has 1 N–H and O–H groups in total. The van der Waals surface area contributed by atoms with Gasteiger partial charge in [0.05, 0.1) is 10.7 Å². The van der Waals surface area contributed by atoms with Crippen LogP contribution in [0.5, 0.6) is 0 Å². The van der Waals surface area contributed by atoms with Crippen molar-refractivity contribution in [1.29, 1.82) is 0 Å². The van der Waals surface area contributed by atoms with Gasteiger partial charge in [0.15, 0.2) is 0 Å². The summed E-state index contributed by atoms with van der Waals surface area (Å²) >= 11 is 7.26. The van der Waals surface area contributed by atoms with Gasteiger partial charge in [0.25, 0.3) is 5.69 Å². The Morgan fingerprint density at radius 1 is 1.21 bits per heavy atom. The number of nitro groups is 1. The molecule has 7 heteroatoms. The Balaban J connectivity index is 1.96. The Labute approximate surface area is 149 Å². The summed E-state index contributed by atoms with van der Waals surface area (Å²) in [6, 6.07) is 10.5. The van der Waals surface area contributed by atoms with Gasteiger partial charge in [-0.05, 0) is 48.7 Å². The fourth-order valence-corrected chi connectivity index (χ4v) is 2.99. The molecule has 0 atom stereocenters. The summed E-state index contributed by atoms with van der Waals surface area (Å²) in [4.78, 5) is 22.7. The zero-order chi connectivity index (χ0) is 17.7. The van der Waals surface area contributed by atoms with Crippen LogP contribution >= 0.6 is 23.4 Å². The number of carbonyl (C=O) groups is 1. The van der Waals surface area contributed by atoms with Crippen LogP contribution in [0.2, 0.25) is 5.02 Å². The van der Waals surface area contributed by atoms with Gasteiger partial charge in [-0.1, -0.05) is 23.7 Å². The van der Waals surface area contributed by atoms with E-state index >= 15 is 0 Å². The van der Waals surface area contributed by atoms with Crippen LogP contribution in [0.15, 0.2) is 36.4 Å². The summed E-state index contributed by atoms with van der Waals surface area (Å²) in [7, 11) is 0. The Kier molecular flexibility index (Phi) is 6.23. The minimum Gasteiger partial charge on any atom is -0.320 e. The summed E-state index contributed by atoms with van der Waals surface area (Å²) in [5.41, 5.74) is 2.92. The molecule has 2 aromatic rings. The second-order valence-corrected chi connectivity index (χ2v) is 6.80. The second kappa shape index (κ2) is 8.17. The molecule has 0 spiro atoms. The standard InChI is InChI=1S/C17H17ClN2O3S/c1-11-7-15(16(20(22)23)8-12(11)2)19-17(21)10-24-9-13-3-5-14(18)6-4-13/h3-8H,9-10H2,1-2H3,(H,19,21). The Morgan fingerprint density at radius 2 is 1.83 bits per heavy atom. The molecule has 24 heavy (non-hydrogen) atoms. The maximum absolute atomic E-state index is 12.1. The molecule has 0 aliphatic rings. The van der Waals surface area contributed by atoms with Crippen LogP contribution in [0.1, 0.15) is 16.7 Å². The number of thioether (sulfide) groups is 1. The average molecular weight is 365 g/mol. The van der Waals surface area contributed by atoms with Crippen LogP contribution < -0.4 is 5.32 Å². The van der Waals surface area contributed by atoms with E-state index < -0.39 is 4.92 Å². The first-order valence-corrected chi connectivity index (χ1v) is 8.78. The number of halogens is 1. The summed E-state index contributed by atoms with van der Waals surface area (Å²) in [6.07, 6.45) is 0. The lowest BCUT2D eigenvalue weighted by Gasteiger charge is -2.09. The first-order chi connectivity index (χ1) is 11.4. The van der Waals surface area contributed by atoms with E-state index in [1.54, 1.807) is 25.1 Å². The number of rotatable bonds is 6. The Bertz CT molecular complexity index is 763. The Hall–Kier alpha value is -2.05. The molecule has 0 heterocycles. The summed E-state index contributed by atoms with van der Waals surface area (Å²) < 4.78 is 0. The molecule has 0 saturated carbocycles. The second-order valence-electron chi connectivity index (χ2n) is 5.38. The highest BCUT2D eigenvalue weighted by Crippen LogP contribution is 2.28. The van der Waals surface area contributed by atoms with Gasteiger partial charge in [-0.2, -0.15) is 0 Å². The molecule has 5 nitrogen and oxygen atoms in total. The predicted octanol–water partition coefficient (Wildman–Crippen LogP) is 4.74. The number of nitrogens with one attached hydrogen (secondary N) is 1. The van der Waals surface area contributed by atoms with Crippen LogP contribution in [0.3, 0.4) is 0 Å². The van der Waals surface area contributed by atoms with Crippen molar-refractivity contribution in [2.45, 2.75) is 19.6 Å². The molecule has 0 fully saturated rings. The number of amides is 1. The molecular formula is C17H17ClN2O3S. The summed E-state index contributed by atoms with van der Waals surface area (Å²) in [5.74, 6) is 0.618. The number of benzene rings is 2. The van der Waals surface area contributed by atoms with Gasteiger partial charge in [-0.25, -0.2) is 0 Å². The average Bonchev–Trinajstić information content (AvgIpc) is 2.52. The van der Waals surface area contributed by atoms with E-state index in [-0.39, 0.29) is 23.0 Å². The lowest BCUT2D eigenvalue weighted by atomic mass is 10.1. The van der Waals surface area contributed by atoms with Crippen molar-refractivity contribution in [2.24, 2.45) is 0 Å². The predicted molar refractivity (Wildman–Crippen MR) is 98.8 cm³/mol.